The SMILES string of the molecule is CC(C)c1ccccc1Nc1cnnc(Nc2ccc3c(c2)OCCO3)n1. The highest BCUT2D eigenvalue weighted by Gasteiger charge is 2.13. The normalized spacial score (nSPS) is 12.7. The summed E-state index contributed by atoms with van der Waals surface area (Å²) < 4.78 is 11.1. The van der Waals surface area contributed by atoms with Gasteiger partial charge in [0.2, 0.25) is 5.95 Å². The first kappa shape index (κ1) is 17.1. The molecule has 7 nitrogen and oxygen atoms in total. The van der Waals surface area contributed by atoms with Gasteiger partial charge in [0.15, 0.2) is 17.3 Å². The summed E-state index contributed by atoms with van der Waals surface area (Å²) in [6, 6.07) is 13.8. The average molecular weight is 363 g/mol. The van der Waals surface area contributed by atoms with Crippen molar-refractivity contribution in [2.45, 2.75) is 19.8 Å². The highest BCUT2D eigenvalue weighted by atomic mass is 16.6. The molecule has 0 saturated carbocycles. The van der Waals surface area contributed by atoms with E-state index in [-0.39, 0.29) is 0 Å². The molecule has 1 aliphatic heterocycles. The molecule has 0 bridgehead atoms. The lowest BCUT2D eigenvalue weighted by atomic mass is 10.0. The fourth-order valence-corrected chi connectivity index (χ4v) is 2.92. The van der Waals surface area contributed by atoms with E-state index < -0.39 is 0 Å². The molecule has 1 aliphatic rings. The number of hydrogen-bond acceptors (Lipinski definition) is 7. The Balaban J connectivity index is 1.53. The summed E-state index contributed by atoms with van der Waals surface area (Å²) in [6.07, 6.45) is 1.60. The van der Waals surface area contributed by atoms with Crippen LogP contribution in [-0.2, 0) is 0 Å². The van der Waals surface area contributed by atoms with Crippen LogP contribution in [0.15, 0.2) is 48.7 Å². The third-order valence-electron chi connectivity index (χ3n) is 4.20. The van der Waals surface area contributed by atoms with Gasteiger partial charge in [0.25, 0.3) is 0 Å². The van der Waals surface area contributed by atoms with E-state index in [1.807, 2.05) is 36.4 Å². The number of fused-ring (bicyclic) bond motifs is 1. The Bertz CT molecular complexity index is 945. The molecule has 0 fully saturated rings. The molecule has 0 aliphatic carbocycles. The first-order valence-electron chi connectivity index (χ1n) is 8.91. The zero-order valence-corrected chi connectivity index (χ0v) is 15.3. The van der Waals surface area contributed by atoms with Crippen molar-refractivity contribution in [3.63, 3.8) is 0 Å². The van der Waals surface area contributed by atoms with Crippen molar-refractivity contribution in [1.82, 2.24) is 15.2 Å². The van der Waals surface area contributed by atoms with Gasteiger partial charge in [-0.25, -0.2) is 0 Å². The monoisotopic (exact) mass is 363 g/mol. The van der Waals surface area contributed by atoms with E-state index in [4.69, 9.17) is 9.47 Å². The summed E-state index contributed by atoms with van der Waals surface area (Å²) in [4.78, 5) is 4.51. The summed E-state index contributed by atoms with van der Waals surface area (Å²) in [5, 5.41) is 14.6. The molecule has 0 saturated heterocycles. The fourth-order valence-electron chi connectivity index (χ4n) is 2.92. The van der Waals surface area contributed by atoms with E-state index in [2.05, 4.69) is 45.7 Å². The van der Waals surface area contributed by atoms with Crippen LogP contribution in [0.2, 0.25) is 0 Å². The van der Waals surface area contributed by atoms with Crippen LogP contribution in [-0.4, -0.2) is 28.4 Å². The fraction of sp³-hybridized carbons (Fsp3) is 0.250. The second-order valence-corrected chi connectivity index (χ2v) is 6.52. The Kier molecular flexibility index (Phi) is 4.74. The second-order valence-electron chi connectivity index (χ2n) is 6.52. The number of aromatic nitrogens is 3. The minimum Gasteiger partial charge on any atom is -0.486 e. The lowest BCUT2D eigenvalue weighted by molar-refractivity contribution is 0.171. The van der Waals surface area contributed by atoms with Gasteiger partial charge in [-0.2, -0.15) is 10.1 Å². The molecule has 7 heteroatoms. The average Bonchev–Trinajstić information content (AvgIpc) is 2.68. The lowest BCUT2D eigenvalue weighted by Gasteiger charge is -2.19. The maximum Gasteiger partial charge on any atom is 0.249 e. The number of benzene rings is 2. The third kappa shape index (κ3) is 3.92. The molecule has 2 N–H and O–H groups in total. The Morgan fingerprint density at radius 2 is 1.78 bits per heavy atom. The first-order valence-corrected chi connectivity index (χ1v) is 8.91. The van der Waals surface area contributed by atoms with Gasteiger partial charge in [0.05, 0.1) is 6.20 Å². The maximum absolute atomic E-state index is 5.61. The standard InChI is InChI=1S/C20H21N5O2/c1-13(2)15-5-3-4-6-16(15)23-19-12-21-25-20(24-19)22-14-7-8-17-18(11-14)27-10-9-26-17/h3-8,11-13H,9-10H2,1-2H3,(H2,22,23,24,25). The molecule has 27 heavy (non-hydrogen) atoms. The predicted octanol–water partition coefficient (Wildman–Crippen LogP) is 4.25. The van der Waals surface area contributed by atoms with Gasteiger partial charge in [0, 0.05) is 17.4 Å². The van der Waals surface area contributed by atoms with Crippen molar-refractivity contribution in [3.05, 3.63) is 54.2 Å². The minimum atomic E-state index is 0.402. The first-order chi connectivity index (χ1) is 13.2. The van der Waals surface area contributed by atoms with E-state index in [0.717, 1.165) is 17.1 Å². The third-order valence-corrected chi connectivity index (χ3v) is 4.20. The number of rotatable bonds is 5. The van der Waals surface area contributed by atoms with Crippen LogP contribution < -0.4 is 20.1 Å². The van der Waals surface area contributed by atoms with Crippen LogP contribution in [0.3, 0.4) is 0 Å². The highest BCUT2D eigenvalue weighted by Crippen LogP contribution is 2.33. The number of ether oxygens (including phenoxy) is 2. The Morgan fingerprint density at radius 3 is 2.63 bits per heavy atom. The zero-order valence-electron chi connectivity index (χ0n) is 15.3. The molecule has 1 aromatic heterocycles. The summed E-state index contributed by atoms with van der Waals surface area (Å²) in [7, 11) is 0. The van der Waals surface area contributed by atoms with Crippen LogP contribution >= 0.6 is 0 Å². The van der Waals surface area contributed by atoms with Gasteiger partial charge in [-0.15, -0.1) is 5.10 Å². The van der Waals surface area contributed by atoms with E-state index in [9.17, 15) is 0 Å². The highest BCUT2D eigenvalue weighted by molar-refractivity contribution is 5.63. The predicted molar refractivity (Wildman–Crippen MR) is 104 cm³/mol. The molecular weight excluding hydrogens is 342 g/mol. The molecule has 0 radical (unpaired) electrons. The van der Waals surface area contributed by atoms with E-state index in [0.29, 0.717) is 36.6 Å². The topological polar surface area (TPSA) is 81.2 Å². The van der Waals surface area contributed by atoms with Crippen molar-refractivity contribution in [2.24, 2.45) is 0 Å². The molecule has 2 aromatic carbocycles. The Labute approximate surface area is 157 Å². The zero-order chi connectivity index (χ0) is 18.6. The summed E-state index contributed by atoms with van der Waals surface area (Å²) in [5.74, 6) is 2.88. The van der Waals surface area contributed by atoms with E-state index in [1.54, 1.807) is 6.20 Å². The van der Waals surface area contributed by atoms with Gasteiger partial charge < -0.3 is 20.1 Å². The molecular formula is C20H21N5O2. The largest absolute Gasteiger partial charge is 0.486 e. The van der Waals surface area contributed by atoms with Gasteiger partial charge in [-0.1, -0.05) is 32.0 Å². The summed E-state index contributed by atoms with van der Waals surface area (Å²) in [6.45, 7) is 5.43. The summed E-state index contributed by atoms with van der Waals surface area (Å²) in [5.41, 5.74) is 3.04. The van der Waals surface area contributed by atoms with Gasteiger partial charge in [0.1, 0.15) is 13.2 Å². The molecule has 0 spiro atoms. The van der Waals surface area contributed by atoms with Crippen molar-refractivity contribution >= 4 is 23.1 Å². The van der Waals surface area contributed by atoms with Crippen molar-refractivity contribution in [1.29, 1.82) is 0 Å². The molecule has 0 unspecified atom stereocenters. The molecule has 3 aromatic rings. The Morgan fingerprint density at radius 1 is 0.963 bits per heavy atom. The van der Waals surface area contributed by atoms with Crippen LogP contribution in [0.25, 0.3) is 0 Å². The van der Waals surface area contributed by atoms with Crippen molar-refractivity contribution in [3.8, 4) is 11.5 Å². The lowest BCUT2D eigenvalue weighted by Crippen LogP contribution is -2.15. The molecule has 2 heterocycles. The number of para-hydroxylation sites is 1. The minimum absolute atomic E-state index is 0.402. The molecule has 138 valence electrons. The van der Waals surface area contributed by atoms with Crippen LogP contribution in [0, 0.1) is 0 Å². The van der Waals surface area contributed by atoms with Crippen LogP contribution in [0.4, 0.5) is 23.1 Å². The van der Waals surface area contributed by atoms with Gasteiger partial charge >= 0.3 is 0 Å². The number of hydrogen-bond donors (Lipinski definition) is 2. The number of nitrogens with one attached hydrogen (secondary N) is 2. The number of nitrogens with zero attached hydrogens (tertiary/aromatic N) is 3. The van der Waals surface area contributed by atoms with Crippen molar-refractivity contribution < 1.29 is 9.47 Å². The second kappa shape index (κ2) is 7.49. The van der Waals surface area contributed by atoms with Crippen LogP contribution in [0.1, 0.15) is 25.3 Å². The van der Waals surface area contributed by atoms with Gasteiger partial charge in [-0.05, 0) is 29.7 Å². The Hall–Kier alpha value is -3.35. The maximum atomic E-state index is 5.61. The van der Waals surface area contributed by atoms with Crippen LogP contribution in [0.5, 0.6) is 11.5 Å². The molecule has 4 rings (SSSR count). The van der Waals surface area contributed by atoms with Gasteiger partial charge in [-0.3, -0.25) is 0 Å². The smallest absolute Gasteiger partial charge is 0.249 e. The van der Waals surface area contributed by atoms with E-state index >= 15 is 0 Å². The van der Waals surface area contributed by atoms with Crippen molar-refractivity contribution in [2.75, 3.05) is 23.8 Å². The molecule has 0 atom stereocenters. The summed E-state index contributed by atoms with van der Waals surface area (Å²) >= 11 is 0. The quantitative estimate of drug-likeness (QED) is 0.701. The van der Waals surface area contributed by atoms with E-state index in [1.165, 1.54) is 5.56 Å². The molecule has 0 amide bonds. The number of anilines is 4.